The maximum Gasteiger partial charge on any atom is 0.120 e. The molecule has 0 aromatic carbocycles. The Morgan fingerprint density at radius 3 is 2.76 bits per heavy atom. The molecule has 0 spiro atoms. The van der Waals surface area contributed by atoms with Gasteiger partial charge in [0.1, 0.15) is 5.94 Å². The summed E-state index contributed by atoms with van der Waals surface area (Å²) >= 11 is 0. The third-order valence-corrected chi connectivity index (χ3v) is 3.85. The Morgan fingerprint density at radius 1 is 1.47 bits per heavy atom. The second-order valence-corrected chi connectivity index (χ2v) is 5.78. The summed E-state index contributed by atoms with van der Waals surface area (Å²) in [5.41, 5.74) is 4.77. The van der Waals surface area contributed by atoms with E-state index in [4.69, 9.17) is 0 Å². The molecule has 0 radical (unpaired) electrons. The minimum Gasteiger partial charge on any atom is -0.234 e. The van der Waals surface area contributed by atoms with Crippen molar-refractivity contribution in [2.45, 2.75) is 59.8 Å². The average molecular weight is 232 g/mol. The Morgan fingerprint density at radius 2 is 2.18 bits per heavy atom. The molecule has 0 N–H and O–H groups in total. The minimum atomic E-state index is 0.347. The van der Waals surface area contributed by atoms with Gasteiger partial charge >= 0.3 is 0 Å². The Hall–Kier alpha value is -1.07. The smallest absolute Gasteiger partial charge is 0.120 e. The molecule has 1 heteroatoms. The summed E-state index contributed by atoms with van der Waals surface area (Å²) in [4.78, 5) is 10.2. The Labute approximate surface area is 105 Å². The monoisotopic (exact) mass is 232 g/mol. The van der Waals surface area contributed by atoms with Crippen molar-refractivity contribution >= 4 is 5.94 Å². The highest BCUT2D eigenvalue weighted by molar-refractivity contribution is 5.45. The maximum atomic E-state index is 10.2. The van der Waals surface area contributed by atoms with Gasteiger partial charge < -0.3 is 0 Å². The van der Waals surface area contributed by atoms with Gasteiger partial charge in [-0.3, -0.25) is 0 Å². The summed E-state index contributed by atoms with van der Waals surface area (Å²) < 4.78 is 0. The first-order valence-corrected chi connectivity index (χ1v) is 6.51. The van der Waals surface area contributed by atoms with Crippen LogP contribution >= 0.6 is 0 Å². The first-order valence-electron chi connectivity index (χ1n) is 6.51. The van der Waals surface area contributed by atoms with Crippen molar-refractivity contribution < 1.29 is 4.79 Å². The van der Waals surface area contributed by atoms with Gasteiger partial charge in [0.15, 0.2) is 0 Å². The quantitative estimate of drug-likeness (QED) is 0.510. The highest BCUT2D eigenvalue weighted by Gasteiger charge is 2.27. The van der Waals surface area contributed by atoms with Crippen molar-refractivity contribution in [3.05, 3.63) is 28.9 Å². The van der Waals surface area contributed by atoms with Crippen molar-refractivity contribution in [3.63, 3.8) is 0 Å². The molecular weight excluding hydrogens is 208 g/mol. The van der Waals surface area contributed by atoms with Gasteiger partial charge in [0, 0.05) is 6.08 Å². The Bertz CT molecular complexity index is 376. The van der Waals surface area contributed by atoms with Crippen LogP contribution in [-0.2, 0) is 4.79 Å². The van der Waals surface area contributed by atoms with Crippen LogP contribution in [-0.4, -0.2) is 5.94 Å². The van der Waals surface area contributed by atoms with Crippen molar-refractivity contribution in [3.8, 4) is 0 Å². The highest BCUT2D eigenvalue weighted by Crippen LogP contribution is 2.41. The van der Waals surface area contributed by atoms with Crippen LogP contribution in [0.1, 0.15) is 59.8 Å². The SMILES string of the molecule is CC1=C(C/C=C(\C)CC=C=O)C(C)(C)CCC1. The topological polar surface area (TPSA) is 17.1 Å². The van der Waals surface area contributed by atoms with E-state index >= 15 is 0 Å². The third-order valence-electron chi connectivity index (χ3n) is 3.85. The zero-order chi connectivity index (χ0) is 12.9. The van der Waals surface area contributed by atoms with Crippen LogP contribution in [0.25, 0.3) is 0 Å². The van der Waals surface area contributed by atoms with Crippen LogP contribution in [0.2, 0.25) is 0 Å². The van der Waals surface area contributed by atoms with Crippen molar-refractivity contribution in [1.82, 2.24) is 0 Å². The van der Waals surface area contributed by atoms with Crippen molar-refractivity contribution in [1.29, 1.82) is 0 Å². The fourth-order valence-corrected chi connectivity index (χ4v) is 2.69. The van der Waals surface area contributed by atoms with Gasteiger partial charge in [-0.15, -0.1) is 0 Å². The predicted molar refractivity (Wildman–Crippen MR) is 73.6 cm³/mol. The fraction of sp³-hybridized carbons (Fsp3) is 0.625. The summed E-state index contributed by atoms with van der Waals surface area (Å²) in [6.07, 6.45) is 9.45. The summed E-state index contributed by atoms with van der Waals surface area (Å²) in [6, 6.07) is 0. The molecule has 0 fully saturated rings. The molecule has 0 bridgehead atoms. The van der Waals surface area contributed by atoms with Gasteiger partial charge in [-0.05, 0) is 51.4 Å². The van der Waals surface area contributed by atoms with Crippen molar-refractivity contribution in [2.24, 2.45) is 5.41 Å². The van der Waals surface area contributed by atoms with Crippen LogP contribution in [0.5, 0.6) is 0 Å². The fourth-order valence-electron chi connectivity index (χ4n) is 2.69. The molecule has 1 nitrogen and oxygen atoms in total. The molecule has 0 amide bonds. The van der Waals surface area contributed by atoms with Crippen molar-refractivity contribution in [2.75, 3.05) is 0 Å². The summed E-state index contributed by atoms with van der Waals surface area (Å²) in [7, 11) is 0. The van der Waals surface area contributed by atoms with Crippen LogP contribution in [0.4, 0.5) is 0 Å². The standard InChI is InChI=1S/C16H24O/c1-13(7-6-12-17)9-10-15-14(2)8-5-11-16(15,3)4/h6,9H,5,7-8,10-11H2,1-4H3/b13-9+. The van der Waals surface area contributed by atoms with E-state index in [9.17, 15) is 4.79 Å². The second kappa shape index (κ2) is 6.02. The van der Waals surface area contributed by atoms with Gasteiger partial charge in [-0.25, -0.2) is 4.79 Å². The average Bonchev–Trinajstić information content (AvgIpc) is 2.24. The molecule has 1 aliphatic carbocycles. The lowest BCUT2D eigenvalue weighted by Gasteiger charge is -2.34. The minimum absolute atomic E-state index is 0.347. The molecule has 0 heterocycles. The van der Waals surface area contributed by atoms with Gasteiger partial charge in [0.25, 0.3) is 0 Å². The van der Waals surface area contributed by atoms with E-state index in [0.717, 1.165) is 12.8 Å². The van der Waals surface area contributed by atoms with E-state index in [2.05, 4.69) is 33.8 Å². The van der Waals surface area contributed by atoms with E-state index in [-0.39, 0.29) is 0 Å². The van der Waals surface area contributed by atoms with E-state index < -0.39 is 0 Å². The van der Waals surface area contributed by atoms with Gasteiger partial charge in [-0.2, -0.15) is 0 Å². The highest BCUT2D eigenvalue weighted by atomic mass is 16.1. The van der Waals surface area contributed by atoms with E-state index in [1.54, 1.807) is 17.2 Å². The third kappa shape index (κ3) is 4.02. The van der Waals surface area contributed by atoms with E-state index in [0.29, 0.717) is 5.41 Å². The number of hydrogen-bond donors (Lipinski definition) is 0. The molecule has 0 unspecified atom stereocenters. The largest absolute Gasteiger partial charge is 0.234 e. The molecule has 1 aliphatic rings. The van der Waals surface area contributed by atoms with Gasteiger partial charge in [-0.1, -0.05) is 36.6 Å². The number of allylic oxidation sites excluding steroid dienone is 5. The molecule has 0 atom stereocenters. The first kappa shape index (κ1) is 14.0. The molecule has 0 saturated heterocycles. The molecule has 0 saturated carbocycles. The van der Waals surface area contributed by atoms with Crippen LogP contribution in [0.3, 0.4) is 0 Å². The molecule has 0 aromatic heterocycles. The van der Waals surface area contributed by atoms with Crippen LogP contribution < -0.4 is 0 Å². The molecule has 17 heavy (non-hydrogen) atoms. The van der Waals surface area contributed by atoms with Crippen LogP contribution in [0, 0.1) is 5.41 Å². The van der Waals surface area contributed by atoms with E-state index in [1.807, 2.05) is 5.94 Å². The summed E-state index contributed by atoms with van der Waals surface area (Å²) in [5, 5.41) is 0. The maximum absolute atomic E-state index is 10.2. The Kier molecular flexibility index (Phi) is 4.96. The van der Waals surface area contributed by atoms with Gasteiger partial charge in [0.05, 0.1) is 0 Å². The van der Waals surface area contributed by atoms with Gasteiger partial charge in [0.2, 0.25) is 0 Å². The zero-order valence-corrected chi connectivity index (χ0v) is 11.6. The Balaban J connectivity index is 2.75. The summed E-state index contributed by atoms with van der Waals surface area (Å²) in [5.74, 6) is 1.83. The number of rotatable bonds is 4. The first-order chi connectivity index (χ1) is 7.97. The molecule has 0 aliphatic heterocycles. The molecule has 0 aromatic rings. The molecule has 1 rings (SSSR count). The predicted octanol–water partition coefficient (Wildman–Crippen LogP) is 4.63. The van der Waals surface area contributed by atoms with E-state index in [1.165, 1.54) is 24.8 Å². The normalized spacial score (nSPS) is 20.1. The lowest BCUT2D eigenvalue weighted by molar-refractivity contribution is 0.360. The number of hydrogen-bond acceptors (Lipinski definition) is 1. The van der Waals surface area contributed by atoms with Crippen LogP contribution in [0.15, 0.2) is 28.9 Å². The lowest BCUT2D eigenvalue weighted by atomic mass is 9.71. The zero-order valence-electron chi connectivity index (χ0n) is 11.6. The second-order valence-electron chi connectivity index (χ2n) is 5.78. The number of carbonyl (C=O) groups excluding carboxylic acids is 1. The summed E-state index contributed by atoms with van der Waals surface area (Å²) in [6.45, 7) is 9.04. The molecule has 94 valence electrons. The molecular formula is C16H24O. The lowest BCUT2D eigenvalue weighted by Crippen LogP contribution is -2.20.